The number of hydrogen-bond acceptors (Lipinski definition) is 6. The van der Waals surface area contributed by atoms with E-state index in [1.54, 1.807) is 25.1 Å². The van der Waals surface area contributed by atoms with E-state index >= 15 is 0 Å². The quantitative estimate of drug-likeness (QED) is 0.585. The van der Waals surface area contributed by atoms with Crippen molar-refractivity contribution in [2.24, 2.45) is 0 Å². The number of ether oxygens (including phenoxy) is 2. The molecule has 1 aliphatic carbocycles. The van der Waals surface area contributed by atoms with Crippen molar-refractivity contribution in [3.63, 3.8) is 0 Å². The van der Waals surface area contributed by atoms with Crippen molar-refractivity contribution in [2.45, 2.75) is 62.9 Å². The van der Waals surface area contributed by atoms with Crippen molar-refractivity contribution >= 4 is 21.6 Å². The zero-order chi connectivity index (χ0) is 25.5. The van der Waals surface area contributed by atoms with E-state index < -0.39 is 15.4 Å². The highest BCUT2D eigenvalue weighted by molar-refractivity contribution is 7.93. The number of hydrogen-bond donors (Lipinski definition) is 0. The number of carbonyl (C=O) groups is 1. The summed E-state index contributed by atoms with van der Waals surface area (Å²) >= 11 is 0. The minimum Gasteiger partial charge on any atom is -0.379 e. The van der Waals surface area contributed by atoms with Gasteiger partial charge in [-0.3, -0.25) is 9.69 Å². The number of aryl methyl sites for hydroxylation is 3. The Hall–Kier alpha value is -2.26. The van der Waals surface area contributed by atoms with E-state index in [2.05, 4.69) is 4.90 Å². The molecule has 0 aromatic heterocycles. The van der Waals surface area contributed by atoms with E-state index in [9.17, 15) is 13.2 Å². The Labute approximate surface area is 214 Å². The van der Waals surface area contributed by atoms with Gasteiger partial charge in [0.25, 0.3) is 15.9 Å². The average Bonchev–Trinajstić information content (AvgIpc) is 3.08. The van der Waals surface area contributed by atoms with Crippen LogP contribution in [0.1, 0.15) is 47.9 Å². The maximum Gasteiger partial charge on any atom is 0.271 e. The number of fused-ring (bicyclic) bond motifs is 2. The first kappa shape index (κ1) is 25.4. The molecule has 194 valence electrons. The van der Waals surface area contributed by atoms with Crippen molar-refractivity contribution in [1.29, 1.82) is 0 Å². The third-order valence-electron chi connectivity index (χ3n) is 7.98. The van der Waals surface area contributed by atoms with Crippen molar-refractivity contribution in [3.8, 4) is 0 Å². The molecule has 2 aliphatic heterocycles. The summed E-state index contributed by atoms with van der Waals surface area (Å²) in [5, 5.41) is 0. The molecule has 2 aromatic carbocycles. The second kappa shape index (κ2) is 9.89. The highest BCUT2D eigenvalue weighted by Crippen LogP contribution is 2.52. The fraction of sp³-hybridized carbons (Fsp3) is 0.536. The monoisotopic (exact) mass is 512 g/mol. The number of carbonyl (C=O) groups excluding carboxylic acids is 1. The van der Waals surface area contributed by atoms with Gasteiger partial charge in [0.1, 0.15) is 0 Å². The summed E-state index contributed by atoms with van der Waals surface area (Å²) in [5.74, 6) is -0.324. The average molecular weight is 513 g/mol. The van der Waals surface area contributed by atoms with Crippen molar-refractivity contribution < 1.29 is 22.7 Å². The van der Waals surface area contributed by atoms with Gasteiger partial charge in [-0.2, -0.15) is 0 Å². The van der Waals surface area contributed by atoms with Crippen LogP contribution in [0.2, 0.25) is 0 Å². The number of anilines is 1. The van der Waals surface area contributed by atoms with Crippen LogP contribution in [-0.4, -0.2) is 64.8 Å². The molecule has 2 heterocycles. The lowest BCUT2D eigenvalue weighted by molar-refractivity contribution is -0.124. The van der Waals surface area contributed by atoms with Crippen LogP contribution in [0.5, 0.6) is 0 Å². The van der Waals surface area contributed by atoms with E-state index in [0.29, 0.717) is 30.7 Å². The van der Waals surface area contributed by atoms with Crippen LogP contribution >= 0.6 is 0 Å². The van der Waals surface area contributed by atoms with Gasteiger partial charge >= 0.3 is 0 Å². The summed E-state index contributed by atoms with van der Waals surface area (Å²) in [6.45, 7) is 10.7. The van der Waals surface area contributed by atoms with Gasteiger partial charge in [0.15, 0.2) is 0 Å². The summed E-state index contributed by atoms with van der Waals surface area (Å²) in [4.78, 5) is 16.6. The molecule has 36 heavy (non-hydrogen) atoms. The number of rotatable bonds is 6. The molecule has 2 fully saturated rings. The first-order valence-electron chi connectivity index (χ1n) is 12.9. The number of morpholine rings is 1. The van der Waals surface area contributed by atoms with Crippen molar-refractivity contribution in [1.82, 2.24) is 4.90 Å². The number of benzene rings is 2. The van der Waals surface area contributed by atoms with Gasteiger partial charge in [-0.1, -0.05) is 35.4 Å². The molecule has 7 nitrogen and oxygen atoms in total. The summed E-state index contributed by atoms with van der Waals surface area (Å²) in [5.41, 5.74) is 3.17. The third-order valence-corrected chi connectivity index (χ3v) is 9.84. The molecule has 0 bridgehead atoms. The predicted octanol–water partition coefficient (Wildman–Crippen LogP) is 3.88. The van der Waals surface area contributed by atoms with Crippen LogP contribution in [-0.2, 0) is 29.7 Å². The Kier molecular flexibility index (Phi) is 6.98. The molecule has 0 unspecified atom stereocenters. The maximum absolute atomic E-state index is 14.1. The molecule has 0 atom stereocenters. The fourth-order valence-electron chi connectivity index (χ4n) is 5.96. The SMILES string of the molecule is Cc1ccc(S(=O)(=O)N2C(=O)C3(CCC(OCCN4CCOCC4)CC3)c3cc(C)ccc32)c(C)c1. The molecular weight excluding hydrogens is 476 g/mol. The number of amides is 1. The lowest BCUT2D eigenvalue weighted by atomic mass is 9.69. The minimum absolute atomic E-state index is 0.0859. The summed E-state index contributed by atoms with van der Waals surface area (Å²) in [6.07, 6.45) is 2.73. The molecule has 1 saturated carbocycles. The second-order valence-electron chi connectivity index (χ2n) is 10.5. The first-order valence-corrected chi connectivity index (χ1v) is 14.4. The van der Waals surface area contributed by atoms with Crippen LogP contribution in [0.3, 0.4) is 0 Å². The Morgan fingerprint density at radius 1 is 1.00 bits per heavy atom. The molecule has 0 N–H and O–H groups in total. The molecule has 1 amide bonds. The van der Waals surface area contributed by atoms with Crippen LogP contribution in [0.25, 0.3) is 0 Å². The molecular formula is C28H36N2O5S. The Bertz CT molecular complexity index is 1240. The van der Waals surface area contributed by atoms with E-state index in [4.69, 9.17) is 9.47 Å². The largest absolute Gasteiger partial charge is 0.379 e. The van der Waals surface area contributed by atoms with E-state index in [0.717, 1.165) is 66.7 Å². The molecule has 1 saturated heterocycles. The topological polar surface area (TPSA) is 76.2 Å². The van der Waals surface area contributed by atoms with Gasteiger partial charge < -0.3 is 9.47 Å². The van der Waals surface area contributed by atoms with Gasteiger partial charge in [-0.25, -0.2) is 12.7 Å². The van der Waals surface area contributed by atoms with Gasteiger partial charge in [0.05, 0.1) is 41.9 Å². The summed E-state index contributed by atoms with van der Waals surface area (Å²) in [7, 11) is -4.04. The van der Waals surface area contributed by atoms with E-state index in [1.807, 2.05) is 32.0 Å². The predicted molar refractivity (Wildman–Crippen MR) is 139 cm³/mol. The molecule has 1 spiro atoms. The van der Waals surface area contributed by atoms with Gasteiger partial charge in [0.2, 0.25) is 0 Å². The lowest BCUT2D eigenvalue weighted by Gasteiger charge is -2.36. The Balaban J connectivity index is 1.37. The zero-order valence-electron chi connectivity index (χ0n) is 21.5. The van der Waals surface area contributed by atoms with Crippen molar-refractivity contribution in [2.75, 3.05) is 43.8 Å². The normalized spacial score (nSPS) is 24.9. The van der Waals surface area contributed by atoms with Gasteiger partial charge in [0, 0.05) is 19.6 Å². The van der Waals surface area contributed by atoms with E-state index in [1.165, 1.54) is 0 Å². The molecule has 5 rings (SSSR count). The van der Waals surface area contributed by atoms with Gasteiger partial charge in [-0.05, 0) is 69.7 Å². The Morgan fingerprint density at radius 3 is 2.36 bits per heavy atom. The Morgan fingerprint density at radius 2 is 1.67 bits per heavy atom. The number of sulfonamides is 1. The first-order chi connectivity index (χ1) is 17.2. The highest BCUT2D eigenvalue weighted by Gasteiger charge is 2.56. The molecule has 0 radical (unpaired) electrons. The smallest absolute Gasteiger partial charge is 0.271 e. The fourth-order valence-corrected chi connectivity index (χ4v) is 7.68. The van der Waals surface area contributed by atoms with Crippen LogP contribution in [0, 0.1) is 20.8 Å². The minimum atomic E-state index is -4.04. The van der Waals surface area contributed by atoms with Crippen molar-refractivity contribution in [3.05, 3.63) is 58.7 Å². The summed E-state index contributed by atoms with van der Waals surface area (Å²) in [6, 6.07) is 10.9. The molecule has 2 aromatic rings. The number of nitrogens with zero attached hydrogens (tertiary/aromatic N) is 2. The van der Waals surface area contributed by atoms with Gasteiger partial charge in [-0.15, -0.1) is 0 Å². The molecule has 3 aliphatic rings. The third kappa shape index (κ3) is 4.49. The van der Waals surface area contributed by atoms with E-state index in [-0.39, 0.29) is 16.9 Å². The van der Waals surface area contributed by atoms with Crippen LogP contribution in [0.15, 0.2) is 41.3 Å². The zero-order valence-corrected chi connectivity index (χ0v) is 22.3. The molecule has 8 heteroatoms. The highest BCUT2D eigenvalue weighted by atomic mass is 32.2. The van der Waals surface area contributed by atoms with Crippen LogP contribution in [0.4, 0.5) is 5.69 Å². The van der Waals surface area contributed by atoms with Crippen LogP contribution < -0.4 is 4.31 Å². The second-order valence-corrected chi connectivity index (χ2v) is 12.2. The standard InChI is InChI=1S/C28H36N2O5S/c1-20-5-7-26(22(3)18-20)36(32,33)30-25-6-4-21(2)19-24(25)28(27(30)31)10-8-23(9-11-28)35-17-14-29-12-15-34-16-13-29/h4-7,18-19,23H,8-17H2,1-3H3. The lowest BCUT2D eigenvalue weighted by Crippen LogP contribution is -2.46. The maximum atomic E-state index is 14.1. The summed E-state index contributed by atoms with van der Waals surface area (Å²) < 4.78 is 40.4.